The number of hydrogen-bond donors (Lipinski definition) is 0. The zero-order chi connectivity index (χ0) is 16.0. The van der Waals surface area contributed by atoms with Crippen LogP contribution in [0.1, 0.15) is 26.3 Å². The molecule has 0 aromatic carbocycles. The number of carbonyl (C=O) groups excluding carboxylic acids is 1. The van der Waals surface area contributed by atoms with Gasteiger partial charge in [0.15, 0.2) is 0 Å². The molecular weight excluding hydrogens is 280 g/mol. The molecule has 0 unspecified atom stereocenters. The molecule has 0 aliphatic rings. The first-order chi connectivity index (χ1) is 9.52. The number of aromatic nitrogens is 2. The van der Waals surface area contributed by atoms with Gasteiger partial charge in [0.2, 0.25) is 0 Å². The van der Waals surface area contributed by atoms with Crippen LogP contribution in [0.3, 0.4) is 0 Å². The Morgan fingerprint density at radius 1 is 1.29 bits per heavy atom. The van der Waals surface area contributed by atoms with Crippen LogP contribution in [-0.4, -0.2) is 29.3 Å². The summed E-state index contributed by atoms with van der Waals surface area (Å²) in [6.07, 6.45) is 1.38. The van der Waals surface area contributed by atoms with Crippen LogP contribution in [0.25, 0.3) is 11.0 Å². The van der Waals surface area contributed by atoms with Gasteiger partial charge in [-0.1, -0.05) is 19.6 Å². The zero-order valence-electron chi connectivity index (χ0n) is 13.9. The lowest BCUT2D eigenvalue weighted by molar-refractivity contribution is 0.0548. The lowest BCUT2D eigenvalue weighted by atomic mass is 10.2. The number of hydrogen-bond acceptors (Lipinski definition) is 3. The summed E-state index contributed by atoms with van der Waals surface area (Å²) in [5, 5.41) is 2.12. The van der Waals surface area contributed by atoms with Gasteiger partial charge in [0, 0.05) is 16.9 Å². The maximum Gasteiger partial charge on any atom is 0.420 e. The van der Waals surface area contributed by atoms with E-state index in [2.05, 4.69) is 31.5 Å². The number of aryl methyl sites for hydroxylation is 1. The summed E-state index contributed by atoms with van der Waals surface area (Å²) in [4.78, 5) is 17.1. The van der Waals surface area contributed by atoms with Gasteiger partial charge in [-0.3, -0.25) is 0 Å². The first-order valence-electron chi connectivity index (χ1n) is 7.22. The van der Waals surface area contributed by atoms with Crippen molar-refractivity contribution >= 4 is 30.5 Å². The predicted octanol–water partition coefficient (Wildman–Crippen LogP) is 3.67. The summed E-state index contributed by atoms with van der Waals surface area (Å²) in [6, 6.07) is 3.92. The topological polar surface area (TPSA) is 44.1 Å². The van der Waals surface area contributed by atoms with Crippen molar-refractivity contribution in [3.8, 4) is 0 Å². The Morgan fingerprint density at radius 3 is 2.43 bits per heavy atom. The number of nitrogens with zero attached hydrogens (tertiary/aromatic N) is 2. The molecular formula is C16H24N2O2Si. The van der Waals surface area contributed by atoms with Gasteiger partial charge in [0.25, 0.3) is 0 Å². The third-order valence-electron chi connectivity index (χ3n) is 3.27. The Bertz CT molecular complexity index is 691. The summed E-state index contributed by atoms with van der Waals surface area (Å²) in [6.45, 7) is 14.4. The molecule has 114 valence electrons. The van der Waals surface area contributed by atoms with Crippen molar-refractivity contribution < 1.29 is 9.53 Å². The average molecular weight is 304 g/mol. The fourth-order valence-electron chi connectivity index (χ4n) is 2.65. The second-order valence-corrected chi connectivity index (χ2v) is 12.4. The molecule has 0 aliphatic carbocycles. The highest BCUT2D eigenvalue weighted by Gasteiger charge is 2.31. The smallest absolute Gasteiger partial charge is 0.420 e. The van der Waals surface area contributed by atoms with Crippen LogP contribution in [0.5, 0.6) is 0 Å². The summed E-state index contributed by atoms with van der Waals surface area (Å²) in [5.41, 5.74) is 1.32. The van der Waals surface area contributed by atoms with E-state index < -0.39 is 13.7 Å². The van der Waals surface area contributed by atoms with E-state index in [1.54, 1.807) is 10.8 Å². The minimum atomic E-state index is -1.72. The fraction of sp³-hybridized carbons (Fsp3) is 0.500. The van der Waals surface area contributed by atoms with Crippen molar-refractivity contribution in [3.63, 3.8) is 0 Å². The van der Waals surface area contributed by atoms with Crippen molar-refractivity contribution in [3.05, 3.63) is 23.9 Å². The highest BCUT2D eigenvalue weighted by molar-refractivity contribution is 6.89. The Morgan fingerprint density at radius 2 is 1.90 bits per heavy atom. The van der Waals surface area contributed by atoms with E-state index in [9.17, 15) is 4.79 Å². The van der Waals surface area contributed by atoms with E-state index in [1.807, 2.05) is 32.9 Å². The van der Waals surface area contributed by atoms with Crippen LogP contribution < -0.4 is 5.32 Å². The summed E-state index contributed by atoms with van der Waals surface area (Å²) in [7, 11) is -1.72. The number of carbonyl (C=O) groups is 1. The lowest BCUT2D eigenvalue weighted by Gasteiger charge is -2.24. The van der Waals surface area contributed by atoms with E-state index in [-0.39, 0.29) is 6.09 Å². The van der Waals surface area contributed by atoms with E-state index >= 15 is 0 Å². The molecule has 0 bridgehead atoms. The van der Waals surface area contributed by atoms with Gasteiger partial charge < -0.3 is 4.74 Å². The van der Waals surface area contributed by atoms with Gasteiger partial charge in [0.1, 0.15) is 11.2 Å². The van der Waals surface area contributed by atoms with Crippen molar-refractivity contribution in [1.29, 1.82) is 0 Å². The molecule has 0 radical (unpaired) electrons. The molecule has 0 fully saturated rings. The molecule has 4 nitrogen and oxygen atoms in total. The van der Waals surface area contributed by atoms with E-state index in [0.717, 1.165) is 16.3 Å². The molecule has 2 heterocycles. The normalized spacial score (nSPS) is 12.7. The van der Waals surface area contributed by atoms with E-state index in [0.29, 0.717) is 5.65 Å². The number of pyridine rings is 1. The van der Waals surface area contributed by atoms with Crippen LogP contribution in [0.15, 0.2) is 18.3 Å². The van der Waals surface area contributed by atoms with E-state index in [1.165, 1.54) is 0 Å². The quantitative estimate of drug-likeness (QED) is 0.755. The van der Waals surface area contributed by atoms with Crippen molar-refractivity contribution in [1.82, 2.24) is 9.55 Å². The van der Waals surface area contributed by atoms with Crippen molar-refractivity contribution in [2.45, 2.75) is 52.9 Å². The number of ether oxygens (including phenoxy) is 1. The fourth-order valence-corrected chi connectivity index (χ4v) is 4.78. The minimum absolute atomic E-state index is 0.336. The first kappa shape index (κ1) is 15.8. The SMILES string of the molecule is Cc1c([Si](C)(C)C)n(C(=O)OC(C)(C)C)c2ncccc12. The largest absolute Gasteiger partial charge is 0.443 e. The van der Waals surface area contributed by atoms with Crippen molar-refractivity contribution in [2.75, 3.05) is 0 Å². The van der Waals surface area contributed by atoms with Crippen LogP contribution in [0.4, 0.5) is 4.79 Å². The molecule has 2 rings (SSSR count). The summed E-state index contributed by atoms with van der Waals surface area (Å²) in [5.74, 6) is 0. The number of rotatable bonds is 1. The number of fused-ring (bicyclic) bond motifs is 1. The third-order valence-corrected chi connectivity index (χ3v) is 5.29. The molecule has 0 saturated heterocycles. The standard InChI is InChI=1S/C16H24N2O2Si/c1-11-12-9-8-10-17-13(12)18(14(11)21(5,6)7)15(19)20-16(2,3)4/h8-10H,1-7H3. The second kappa shape index (κ2) is 4.98. The molecule has 2 aromatic rings. The minimum Gasteiger partial charge on any atom is -0.443 e. The molecule has 0 aliphatic heterocycles. The van der Waals surface area contributed by atoms with Crippen LogP contribution >= 0.6 is 0 Å². The molecule has 0 spiro atoms. The third kappa shape index (κ3) is 3.02. The second-order valence-electron chi connectivity index (χ2n) is 7.41. The summed E-state index contributed by atoms with van der Waals surface area (Å²) >= 11 is 0. The van der Waals surface area contributed by atoms with Crippen LogP contribution in [0, 0.1) is 6.92 Å². The van der Waals surface area contributed by atoms with Gasteiger partial charge in [-0.15, -0.1) is 0 Å². The van der Waals surface area contributed by atoms with Gasteiger partial charge >= 0.3 is 6.09 Å². The molecule has 0 amide bonds. The zero-order valence-corrected chi connectivity index (χ0v) is 14.9. The highest BCUT2D eigenvalue weighted by atomic mass is 28.3. The van der Waals surface area contributed by atoms with Crippen molar-refractivity contribution in [2.24, 2.45) is 0 Å². The summed E-state index contributed by atoms with van der Waals surface area (Å²) < 4.78 is 7.27. The maximum absolute atomic E-state index is 12.7. The highest BCUT2D eigenvalue weighted by Crippen LogP contribution is 2.22. The first-order valence-corrected chi connectivity index (χ1v) is 10.7. The Labute approximate surface area is 127 Å². The Balaban J connectivity index is 2.74. The maximum atomic E-state index is 12.7. The Hall–Kier alpha value is -1.62. The molecule has 2 aromatic heterocycles. The van der Waals surface area contributed by atoms with Gasteiger partial charge in [-0.05, 0) is 45.4 Å². The molecule has 5 heteroatoms. The monoisotopic (exact) mass is 304 g/mol. The predicted molar refractivity (Wildman–Crippen MR) is 89.1 cm³/mol. The van der Waals surface area contributed by atoms with Crippen LogP contribution in [-0.2, 0) is 4.74 Å². The van der Waals surface area contributed by atoms with Gasteiger partial charge in [-0.25, -0.2) is 14.3 Å². The molecule has 0 N–H and O–H groups in total. The van der Waals surface area contributed by atoms with Crippen LogP contribution in [0.2, 0.25) is 19.6 Å². The Kier molecular flexibility index (Phi) is 3.74. The van der Waals surface area contributed by atoms with E-state index in [4.69, 9.17) is 4.74 Å². The molecule has 0 atom stereocenters. The average Bonchev–Trinajstić information content (AvgIpc) is 2.61. The van der Waals surface area contributed by atoms with Gasteiger partial charge in [-0.2, -0.15) is 0 Å². The molecule has 21 heavy (non-hydrogen) atoms. The molecule has 0 saturated carbocycles. The van der Waals surface area contributed by atoms with Gasteiger partial charge in [0.05, 0.1) is 8.07 Å². The lowest BCUT2D eigenvalue weighted by Crippen LogP contribution is -2.47.